The number of benzene rings is 1. The number of halogens is 1. The van der Waals surface area contributed by atoms with Crippen LogP contribution < -0.4 is 10.0 Å². The maximum Gasteiger partial charge on any atom is 0.335 e. The molecular formula is C12H15BrN2O5S. The Morgan fingerprint density at radius 3 is 2.57 bits per heavy atom. The molecule has 0 heterocycles. The fourth-order valence-electron chi connectivity index (χ4n) is 1.50. The summed E-state index contributed by atoms with van der Waals surface area (Å²) in [5, 5.41) is 11.4. The van der Waals surface area contributed by atoms with E-state index in [-0.39, 0.29) is 33.8 Å². The lowest BCUT2D eigenvalue weighted by molar-refractivity contribution is -0.120. The lowest BCUT2D eigenvalue weighted by Crippen LogP contribution is -2.30. The van der Waals surface area contributed by atoms with Crippen molar-refractivity contribution >= 4 is 37.8 Å². The summed E-state index contributed by atoms with van der Waals surface area (Å²) in [6.07, 6.45) is 0.00328. The molecule has 116 valence electrons. The third-order valence-corrected chi connectivity index (χ3v) is 4.94. The van der Waals surface area contributed by atoms with Crippen LogP contribution in [0, 0.1) is 0 Å². The lowest BCUT2D eigenvalue weighted by Gasteiger charge is -2.09. The summed E-state index contributed by atoms with van der Waals surface area (Å²) in [6, 6.07) is 3.70. The average molecular weight is 379 g/mol. The van der Waals surface area contributed by atoms with Crippen LogP contribution >= 0.6 is 15.9 Å². The molecule has 0 spiro atoms. The highest BCUT2D eigenvalue weighted by Gasteiger charge is 2.19. The van der Waals surface area contributed by atoms with Crippen LogP contribution in [0.2, 0.25) is 0 Å². The van der Waals surface area contributed by atoms with Gasteiger partial charge >= 0.3 is 5.97 Å². The predicted molar refractivity (Wildman–Crippen MR) is 79.6 cm³/mol. The molecule has 0 unspecified atom stereocenters. The van der Waals surface area contributed by atoms with Gasteiger partial charge < -0.3 is 10.4 Å². The van der Waals surface area contributed by atoms with Gasteiger partial charge in [-0.15, -0.1) is 0 Å². The minimum Gasteiger partial charge on any atom is -0.478 e. The Kier molecular flexibility index (Phi) is 6.31. The van der Waals surface area contributed by atoms with E-state index in [2.05, 4.69) is 26.0 Å². The first-order valence-electron chi connectivity index (χ1n) is 6.07. The Balaban J connectivity index is 2.85. The van der Waals surface area contributed by atoms with Crippen LogP contribution in [0.3, 0.4) is 0 Å². The van der Waals surface area contributed by atoms with Gasteiger partial charge in [-0.2, -0.15) is 0 Å². The number of nitrogens with one attached hydrogen (secondary N) is 2. The number of carbonyl (C=O) groups excluding carboxylic acids is 1. The SMILES string of the molecule is CCNC(=O)CCNS(=O)(=O)c1cc(C(=O)O)ccc1Br. The fraction of sp³-hybridized carbons (Fsp3) is 0.333. The number of sulfonamides is 1. The molecule has 7 nitrogen and oxygen atoms in total. The zero-order valence-corrected chi connectivity index (χ0v) is 13.6. The molecular weight excluding hydrogens is 364 g/mol. The van der Waals surface area contributed by atoms with Crippen molar-refractivity contribution in [3.63, 3.8) is 0 Å². The van der Waals surface area contributed by atoms with Gasteiger partial charge in [-0.25, -0.2) is 17.9 Å². The molecule has 0 saturated heterocycles. The Hall–Kier alpha value is -1.45. The second-order valence-corrected chi connectivity index (χ2v) is 6.64. The molecule has 9 heteroatoms. The Labute approximate surface area is 130 Å². The largest absolute Gasteiger partial charge is 0.478 e. The first-order chi connectivity index (χ1) is 9.77. The fourth-order valence-corrected chi connectivity index (χ4v) is 3.52. The molecule has 0 atom stereocenters. The van der Waals surface area contributed by atoms with Gasteiger partial charge in [0, 0.05) is 24.0 Å². The topological polar surface area (TPSA) is 113 Å². The van der Waals surface area contributed by atoms with Gasteiger partial charge in [-0.05, 0) is 41.1 Å². The Morgan fingerprint density at radius 2 is 2.00 bits per heavy atom. The second-order valence-electron chi connectivity index (χ2n) is 4.05. The summed E-state index contributed by atoms with van der Waals surface area (Å²) in [5.74, 6) is -1.49. The highest BCUT2D eigenvalue weighted by atomic mass is 79.9. The third-order valence-electron chi connectivity index (χ3n) is 2.49. The summed E-state index contributed by atoms with van der Waals surface area (Å²) in [7, 11) is -3.90. The van der Waals surface area contributed by atoms with Crippen LogP contribution in [0.5, 0.6) is 0 Å². The first-order valence-corrected chi connectivity index (χ1v) is 8.34. The maximum absolute atomic E-state index is 12.1. The monoisotopic (exact) mass is 378 g/mol. The van der Waals surface area contributed by atoms with Crippen LogP contribution in [0.4, 0.5) is 0 Å². The smallest absolute Gasteiger partial charge is 0.335 e. The molecule has 0 bridgehead atoms. The van der Waals surface area contributed by atoms with E-state index >= 15 is 0 Å². The van der Waals surface area contributed by atoms with Crippen molar-refractivity contribution in [2.24, 2.45) is 0 Å². The van der Waals surface area contributed by atoms with Crippen molar-refractivity contribution in [2.45, 2.75) is 18.2 Å². The standard InChI is InChI=1S/C12H15BrN2O5S/c1-2-14-11(16)5-6-15-21(19,20)10-7-8(12(17)18)3-4-9(10)13/h3-4,7,15H,2,5-6H2,1H3,(H,14,16)(H,17,18). The molecule has 1 aromatic carbocycles. The molecule has 1 rings (SSSR count). The molecule has 0 aliphatic carbocycles. The van der Waals surface area contributed by atoms with Gasteiger partial charge in [-0.3, -0.25) is 4.79 Å². The molecule has 1 amide bonds. The van der Waals surface area contributed by atoms with Crippen molar-refractivity contribution in [3.05, 3.63) is 28.2 Å². The third kappa shape index (κ3) is 5.10. The van der Waals surface area contributed by atoms with Crippen molar-refractivity contribution in [2.75, 3.05) is 13.1 Å². The summed E-state index contributed by atoms with van der Waals surface area (Å²) in [4.78, 5) is 21.9. The number of carbonyl (C=O) groups is 2. The van der Waals surface area contributed by atoms with E-state index < -0.39 is 16.0 Å². The van der Waals surface area contributed by atoms with Crippen LogP contribution in [-0.4, -0.2) is 38.5 Å². The number of hydrogen-bond donors (Lipinski definition) is 3. The van der Waals surface area contributed by atoms with Crippen LogP contribution in [0.15, 0.2) is 27.6 Å². The molecule has 0 fully saturated rings. The predicted octanol–water partition coefficient (Wildman–Crippen LogP) is 0.952. The van der Waals surface area contributed by atoms with Crippen molar-refractivity contribution in [1.29, 1.82) is 0 Å². The quantitative estimate of drug-likeness (QED) is 0.653. The van der Waals surface area contributed by atoms with E-state index in [0.717, 1.165) is 6.07 Å². The van der Waals surface area contributed by atoms with Gasteiger partial charge in [0.1, 0.15) is 0 Å². The average Bonchev–Trinajstić information content (AvgIpc) is 2.38. The minimum absolute atomic E-state index is 0.00328. The first kappa shape index (κ1) is 17.6. The summed E-state index contributed by atoms with van der Waals surface area (Å²) in [6.45, 7) is 2.16. The van der Waals surface area contributed by atoms with Gasteiger partial charge in [0.15, 0.2) is 0 Å². The van der Waals surface area contributed by atoms with Crippen molar-refractivity contribution < 1.29 is 23.1 Å². The lowest BCUT2D eigenvalue weighted by atomic mass is 10.2. The molecule has 0 saturated carbocycles. The maximum atomic E-state index is 12.1. The Bertz CT molecular complexity index is 645. The Morgan fingerprint density at radius 1 is 1.33 bits per heavy atom. The van der Waals surface area contributed by atoms with Crippen molar-refractivity contribution in [1.82, 2.24) is 10.0 Å². The van der Waals surface area contributed by atoms with E-state index in [4.69, 9.17) is 5.11 Å². The highest BCUT2D eigenvalue weighted by Crippen LogP contribution is 2.23. The molecule has 0 aliphatic heterocycles. The van der Waals surface area contributed by atoms with E-state index in [1.807, 2.05) is 0 Å². The molecule has 0 aromatic heterocycles. The molecule has 0 radical (unpaired) electrons. The number of amides is 1. The van der Waals surface area contributed by atoms with Gasteiger partial charge in [-0.1, -0.05) is 0 Å². The van der Waals surface area contributed by atoms with Gasteiger partial charge in [0.05, 0.1) is 10.5 Å². The van der Waals surface area contributed by atoms with Gasteiger partial charge in [0.2, 0.25) is 15.9 Å². The number of carboxylic acids is 1. The molecule has 3 N–H and O–H groups in total. The normalized spacial score (nSPS) is 11.1. The molecule has 21 heavy (non-hydrogen) atoms. The van der Waals surface area contributed by atoms with E-state index in [1.165, 1.54) is 12.1 Å². The summed E-state index contributed by atoms with van der Waals surface area (Å²) < 4.78 is 26.7. The zero-order valence-electron chi connectivity index (χ0n) is 11.2. The number of carboxylic acid groups (broad SMARTS) is 1. The van der Waals surface area contributed by atoms with Crippen LogP contribution in [0.1, 0.15) is 23.7 Å². The number of hydrogen-bond acceptors (Lipinski definition) is 4. The van der Waals surface area contributed by atoms with Crippen LogP contribution in [0.25, 0.3) is 0 Å². The van der Waals surface area contributed by atoms with Crippen LogP contribution in [-0.2, 0) is 14.8 Å². The summed E-state index contributed by atoms with van der Waals surface area (Å²) in [5.41, 5.74) is -0.137. The molecule has 1 aromatic rings. The number of rotatable bonds is 7. The minimum atomic E-state index is -3.90. The van der Waals surface area contributed by atoms with E-state index in [9.17, 15) is 18.0 Å². The van der Waals surface area contributed by atoms with E-state index in [1.54, 1.807) is 6.92 Å². The highest BCUT2D eigenvalue weighted by molar-refractivity contribution is 9.10. The van der Waals surface area contributed by atoms with E-state index in [0.29, 0.717) is 6.54 Å². The van der Waals surface area contributed by atoms with Gasteiger partial charge in [0.25, 0.3) is 0 Å². The number of aromatic carboxylic acids is 1. The second kappa shape index (κ2) is 7.53. The summed E-state index contributed by atoms with van der Waals surface area (Å²) >= 11 is 3.07. The zero-order chi connectivity index (χ0) is 16.0. The molecule has 0 aliphatic rings. The van der Waals surface area contributed by atoms with Crippen molar-refractivity contribution in [3.8, 4) is 0 Å².